The highest BCUT2D eigenvalue weighted by atomic mass is 19.1. The maximum absolute atomic E-state index is 13.7. The Morgan fingerprint density at radius 1 is 1.29 bits per heavy atom. The molecule has 0 radical (unpaired) electrons. The first-order valence-corrected chi connectivity index (χ1v) is 7.84. The predicted octanol–water partition coefficient (Wildman–Crippen LogP) is 3.41. The zero-order chi connectivity index (χ0) is 14.9. The molecule has 21 heavy (non-hydrogen) atoms. The molecule has 3 nitrogen and oxygen atoms in total. The van der Waals surface area contributed by atoms with Gasteiger partial charge in [-0.1, -0.05) is 0 Å². The van der Waals surface area contributed by atoms with Crippen LogP contribution in [0.5, 0.6) is 5.75 Å². The van der Waals surface area contributed by atoms with Gasteiger partial charge in [0.15, 0.2) is 0 Å². The van der Waals surface area contributed by atoms with Crippen molar-refractivity contribution in [2.75, 3.05) is 6.61 Å². The standard InChI is InChI=1S/C17H24FNO2/c1-17(2)6-5-15(21-17)11-20-16-8-12(7-13(18)9-16)10-19-14-3-4-14/h7-9,14-15,19H,3-6,10-11H2,1-2H3. The van der Waals surface area contributed by atoms with E-state index in [4.69, 9.17) is 9.47 Å². The molecule has 1 heterocycles. The molecule has 1 unspecified atom stereocenters. The fraction of sp³-hybridized carbons (Fsp3) is 0.647. The van der Waals surface area contributed by atoms with Crippen LogP contribution < -0.4 is 10.1 Å². The van der Waals surface area contributed by atoms with Gasteiger partial charge in [0.05, 0.1) is 11.7 Å². The Morgan fingerprint density at radius 3 is 2.76 bits per heavy atom. The number of benzene rings is 1. The van der Waals surface area contributed by atoms with E-state index >= 15 is 0 Å². The number of halogens is 1. The van der Waals surface area contributed by atoms with Crippen molar-refractivity contribution in [2.24, 2.45) is 0 Å². The van der Waals surface area contributed by atoms with Gasteiger partial charge in [-0.3, -0.25) is 0 Å². The third kappa shape index (κ3) is 4.42. The van der Waals surface area contributed by atoms with Gasteiger partial charge in [-0.15, -0.1) is 0 Å². The summed E-state index contributed by atoms with van der Waals surface area (Å²) in [5.41, 5.74) is 0.875. The summed E-state index contributed by atoms with van der Waals surface area (Å²) in [6.45, 7) is 5.38. The van der Waals surface area contributed by atoms with Crippen LogP contribution in [0.2, 0.25) is 0 Å². The SMILES string of the molecule is CC1(C)CCC(COc2cc(F)cc(CNC3CC3)c2)O1. The Labute approximate surface area is 125 Å². The van der Waals surface area contributed by atoms with Crippen molar-refractivity contribution in [1.29, 1.82) is 0 Å². The molecule has 1 saturated carbocycles. The van der Waals surface area contributed by atoms with Gasteiger partial charge in [-0.05, 0) is 57.2 Å². The highest BCUT2D eigenvalue weighted by Gasteiger charge is 2.31. The summed E-state index contributed by atoms with van der Waals surface area (Å²) >= 11 is 0. The molecule has 3 rings (SSSR count). The van der Waals surface area contributed by atoms with Crippen molar-refractivity contribution >= 4 is 0 Å². The Kier molecular flexibility index (Phi) is 4.18. The Balaban J connectivity index is 1.54. The van der Waals surface area contributed by atoms with Gasteiger partial charge in [-0.2, -0.15) is 0 Å². The van der Waals surface area contributed by atoms with E-state index in [1.165, 1.54) is 18.9 Å². The van der Waals surface area contributed by atoms with Crippen molar-refractivity contribution in [2.45, 2.75) is 63.8 Å². The van der Waals surface area contributed by atoms with Crippen molar-refractivity contribution in [3.63, 3.8) is 0 Å². The first kappa shape index (κ1) is 14.8. The maximum atomic E-state index is 13.7. The number of ether oxygens (including phenoxy) is 2. The summed E-state index contributed by atoms with van der Waals surface area (Å²) in [5, 5.41) is 3.39. The van der Waals surface area contributed by atoms with Gasteiger partial charge >= 0.3 is 0 Å². The molecule has 0 spiro atoms. The van der Waals surface area contributed by atoms with Gasteiger partial charge in [0.1, 0.15) is 18.2 Å². The zero-order valence-corrected chi connectivity index (χ0v) is 12.8. The lowest BCUT2D eigenvalue weighted by molar-refractivity contribution is -0.0327. The van der Waals surface area contributed by atoms with Crippen LogP contribution in [0.25, 0.3) is 0 Å². The molecule has 116 valence electrons. The van der Waals surface area contributed by atoms with Crippen molar-refractivity contribution in [3.8, 4) is 5.75 Å². The van der Waals surface area contributed by atoms with Gasteiger partial charge in [-0.25, -0.2) is 4.39 Å². The quantitative estimate of drug-likeness (QED) is 0.872. The molecule has 0 aromatic heterocycles. The second-order valence-corrected chi connectivity index (χ2v) is 6.80. The lowest BCUT2D eigenvalue weighted by Gasteiger charge is -2.19. The highest BCUT2D eigenvalue weighted by molar-refractivity contribution is 5.29. The third-order valence-corrected chi connectivity index (χ3v) is 4.09. The van der Waals surface area contributed by atoms with Crippen LogP contribution in [0, 0.1) is 5.82 Å². The van der Waals surface area contributed by atoms with E-state index in [0.29, 0.717) is 24.9 Å². The van der Waals surface area contributed by atoms with Crippen LogP contribution in [0.3, 0.4) is 0 Å². The molecule has 1 aliphatic heterocycles. The summed E-state index contributed by atoms with van der Waals surface area (Å²) in [7, 11) is 0. The summed E-state index contributed by atoms with van der Waals surface area (Å²) in [6.07, 6.45) is 4.61. The lowest BCUT2D eigenvalue weighted by atomic mass is 10.1. The van der Waals surface area contributed by atoms with E-state index in [0.717, 1.165) is 18.4 Å². The van der Waals surface area contributed by atoms with E-state index in [1.807, 2.05) is 6.07 Å². The zero-order valence-electron chi connectivity index (χ0n) is 12.8. The molecule has 1 atom stereocenters. The minimum atomic E-state index is -0.243. The second-order valence-electron chi connectivity index (χ2n) is 6.80. The Hall–Kier alpha value is -1.13. The van der Waals surface area contributed by atoms with E-state index in [9.17, 15) is 4.39 Å². The molecular formula is C17H24FNO2. The van der Waals surface area contributed by atoms with Gasteiger partial charge in [0.25, 0.3) is 0 Å². The first-order valence-electron chi connectivity index (χ1n) is 7.84. The fourth-order valence-electron chi connectivity index (χ4n) is 2.74. The van der Waals surface area contributed by atoms with Crippen LogP contribution in [0.1, 0.15) is 45.1 Å². The van der Waals surface area contributed by atoms with E-state index in [1.54, 1.807) is 6.07 Å². The first-order chi connectivity index (χ1) is 10.00. The Bertz CT molecular complexity index is 500. The normalized spacial score (nSPS) is 24.2. The summed E-state index contributed by atoms with van der Waals surface area (Å²) in [5.74, 6) is 0.351. The largest absolute Gasteiger partial charge is 0.491 e. The molecule has 0 amide bonds. The molecule has 2 aliphatic rings. The third-order valence-electron chi connectivity index (χ3n) is 4.09. The van der Waals surface area contributed by atoms with Crippen LogP contribution in [-0.4, -0.2) is 24.4 Å². The minimum Gasteiger partial charge on any atom is -0.491 e. The van der Waals surface area contributed by atoms with Crippen molar-refractivity contribution in [1.82, 2.24) is 5.32 Å². The van der Waals surface area contributed by atoms with Gasteiger partial charge in [0, 0.05) is 18.7 Å². The summed E-state index contributed by atoms with van der Waals surface area (Å²) in [4.78, 5) is 0. The molecule has 2 fully saturated rings. The van der Waals surface area contributed by atoms with Gasteiger partial charge < -0.3 is 14.8 Å². The molecule has 0 bridgehead atoms. The minimum absolute atomic E-state index is 0.0602. The summed E-state index contributed by atoms with van der Waals surface area (Å²) in [6, 6.07) is 5.54. The highest BCUT2D eigenvalue weighted by Crippen LogP contribution is 2.30. The molecule has 1 aromatic rings. The van der Waals surface area contributed by atoms with Crippen molar-refractivity contribution in [3.05, 3.63) is 29.6 Å². The van der Waals surface area contributed by atoms with E-state index < -0.39 is 0 Å². The monoisotopic (exact) mass is 293 g/mol. The average molecular weight is 293 g/mol. The lowest BCUT2D eigenvalue weighted by Crippen LogP contribution is -2.24. The Morgan fingerprint density at radius 2 is 2.10 bits per heavy atom. The molecule has 1 aromatic carbocycles. The summed E-state index contributed by atoms with van der Waals surface area (Å²) < 4.78 is 25.3. The second kappa shape index (κ2) is 5.93. The number of hydrogen-bond acceptors (Lipinski definition) is 3. The van der Waals surface area contributed by atoms with Crippen LogP contribution in [-0.2, 0) is 11.3 Å². The van der Waals surface area contributed by atoms with Crippen molar-refractivity contribution < 1.29 is 13.9 Å². The number of hydrogen-bond donors (Lipinski definition) is 1. The molecular weight excluding hydrogens is 269 g/mol. The van der Waals surface area contributed by atoms with Crippen LogP contribution >= 0.6 is 0 Å². The van der Waals surface area contributed by atoms with Crippen LogP contribution in [0.4, 0.5) is 4.39 Å². The smallest absolute Gasteiger partial charge is 0.127 e. The number of nitrogens with one attached hydrogen (secondary N) is 1. The maximum Gasteiger partial charge on any atom is 0.127 e. The molecule has 1 saturated heterocycles. The fourth-order valence-corrected chi connectivity index (χ4v) is 2.74. The molecule has 1 N–H and O–H groups in total. The van der Waals surface area contributed by atoms with E-state index in [-0.39, 0.29) is 17.5 Å². The topological polar surface area (TPSA) is 30.5 Å². The number of rotatable bonds is 6. The van der Waals surface area contributed by atoms with Crippen LogP contribution in [0.15, 0.2) is 18.2 Å². The predicted molar refractivity (Wildman–Crippen MR) is 79.9 cm³/mol. The van der Waals surface area contributed by atoms with Gasteiger partial charge in [0.2, 0.25) is 0 Å². The molecule has 1 aliphatic carbocycles. The molecule has 4 heteroatoms. The average Bonchev–Trinajstić information content (AvgIpc) is 3.17. The van der Waals surface area contributed by atoms with E-state index in [2.05, 4.69) is 19.2 Å².